The van der Waals surface area contributed by atoms with E-state index in [9.17, 15) is 13.5 Å². The van der Waals surface area contributed by atoms with E-state index in [2.05, 4.69) is 0 Å². The molecule has 0 aromatic heterocycles. The van der Waals surface area contributed by atoms with Crippen molar-refractivity contribution >= 4 is 10.0 Å². The third-order valence-electron chi connectivity index (χ3n) is 3.81. The number of hydrogen-bond donors (Lipinski definition) is 1. The van der Waals surface area contributed by atoms with Gasteiger partial charge in [0, 0.05) is 6.54 Å². The number of hydrogen-bond acceptors (Lipinski definition) is 3. The van der Waals surface area contributed by atoms with Gasteiger partial charge in [-0.05, 0) is 39.2 Å². The molecule has 1 fully saturated rings. The van der Waals surface area contributed by atoms with E-state index in [1.807, 2.05) is 31.2 Å². The third-order valence-corrected chi connectivity index (χ3v) is 5.66. The van der Waals surface area contributed by atoms with Gasteiger partial charge in [-0.15, -0.1) is 0 Å². The number of aryl methyl sites for hydroxylation is 1. The fourth-order valence-corrected chi connectivity index (χ4v) is 4.80. The molecule has 2 rings (SSSR count). The summed E-state index contributed by atoms with van der Waals surface area (Å²) in [7, 11) is -3.39. The van der Waals surface area contributed by atoms with Crippen molar-refractivity contribution in [2.24, 2.45) is 0 Å². The minimum atomic E-state index is -3.39. The second kappa shape index (κ2) is 5.47. The Morgan fingerprint density at radius 2 is 2.10 bits per heavy atom. The minimum Gasteiger partial charge on any atom is -0.389 e. The Kier molecular flexibility index (Phi) is 4.23. The van der Waals surface area contributed by atoms with Crippen LogP contribution in [-0.4, -0.2) is 36.0 Å². The third kappa shape index (κ3) is 3.40. The van der Waals surface area contributed by atoms with Crippen molar-refractivity contribution in [1.82, 2.24) is 4.31 Å². The highest BCUT2D eigenvalue weighted by atomic mass is 32.2. The van der Waals surface area contributed by atoms with Gasteiger partial charge in [0.05, 0.1) is 17.4 Å². The topological polar surface area (TPSA) is 57.6 Å². The molecule has 4 nitrogen and oxygen atoms in total. The molecular formula is C15H23NO3S. The maximum absolute atomic E-state index is 12.6. The minimum absolute atomic E-state index is 0.00125. The van der Waals surface area contributed by atoms with Crippen LogP contribution in [0, 0.1) is 6.92 Å². The van der Waals surface area contributed by atoms with E-state index in [-0.39, 0.29) is 11.8 Å². The van der Waals surface area contributed by atoms with Crippen molar-refractivity contribution in [3.05, 3.63) is 35.4 Å². The van der Waals surface area contributed by atoms with Crippen molar-refractivity contribution in [3.8, 4) is 0 Å². The number of rotatable bonds is 4. The first-order valence-corrected chi connectivity index (χ1v) is 8.58. The predicted octanol–water partition coefficient (Wildman–Crippen LogP) is 2.06. The normalized spacial score (nSPS) is 21.3. The van der Waals surface area contributed by atoms with E-state index >= 15 is 0 Å². The monoisotopic (exact) mass is 297 g/mol. The van der Waals surface area contributed by atoms with Crippen LogP contribution in [0.2, 0.25) is 0 Å². The van der Waals surface area contributed by atoms with Gasteiger partial charge in [-0.25, -0.2) is 8.42 Å². The molecule has 112 valence electrons. The fourth-order valence-electron chi connectivity index (χ4n) is 2.87. The molecule has 1 atom stereocenters. The van der Waals surface area contributed by atoms with E-state index in [4.69, 9.17) is 0 Å². The second-order valence-corrected chi connectivity index (χ2v) is 8.09. The van der Waals surface area contributed by atoms with Crippen LogP contribution >= 0.6 is 0 Å². The zero-order chi connectivity index (χ0) is 15.0. The van der Waals surface area contributed by atoms with Crippen LogP contribution in [0.25, 0.3) is 0 Å². The van der Waals surface area contributed by atoms with Gasteiger partial charge in [0.15, 0.2) is 0 Å². The first-order chi connectivity index (χ1) is 9.20. The summed E-state index contributed by atoms with van der Waals surface area (Å²) < 4.78 is 26.7. The first-order valence-electron chi connectivity index (χ1n) is 6.97. The Morgan fingerprint density at radius 3 is 2.70 bits per heavy atom. The number of nitrogens with zero attached hydrogens (tertiary/aromatic N) is 1. The Morgan fingerprint density at radius 1 is 1.40 bits per heavy atom. The van der Waals surface area contributed by atoms with Crippen LogP contribution in [0.4, 0.5) is 0 Å². The molecule has 1 aromatic rings. The van der Waals surface area contributed by atoms with Gasteiger partial charge >= 0.3 is 0 Å². The summed E-state index contributed by atoms with van der Waals surface area (Å²) in [5, 5.41) is 10.2. The number of benzene rings is 1. The highest BCUT2D eigenvalue weighted by molar-refractivity contribution is 7.88. The van der Waals surface area contributed by atoms with Crippen LogP contribution in [0.15, 0.2) is 24.3 Å². The Hall–Kier alpha value is -0.910. The van der Waals surface area contributed by atoms with Crippen molar-refractivity contribution < 1.29 is 13.5 Å². The average molecular weight is 297 g/mol. The summed E-state index contributed by atoms with van der Waals surface area (Å²) in [6.07, 6.45) is 1.53. The molecule has 0 saturated carbocycles. The lowest BCUT2D eigenvalue weighted by molar-refractivity contribution is 0.0214. The van der Waals surface area contributed by atoms with Gasteiger partial charge in [0.2, 0.25) is 10.0 Å². The second-order valence-electron chi connectivity index (χ2n) is 6.17. The Bertz CT molecular complexity index is 575. The largest absolute Gasteiger partial charge is 0.389 e. The summed E-state index contributed by atoms with van der Waals surface area (Å²) in [6, 6.07) is 7.23. The molecular weight excluding hydrogens is 274 g/mol. The highest BCUT2D eigenvalue weighted by Crippen LogP contribution is 2.30. The summed E-state index contributed by atoms with van der Waals surface area (Å²) in [4.78, 5) is 0. The molecule has 0 bridgehead atoms. The van der Waals surface area contributed by atoms with Gasteiger partial charge < -0.3 is 5.11 Å². The molecule has 1 aliphatic rings. The molecule has 1 aromatic carbocycles. The van der Waals surface area contributed by atoms with E-state index in [0.29, 0.717) is 6.54 Å². The summed E-state index contributed by atoms with van der Waals surface area (Å²) >= 11 is 0. The van der Waals surface area contributed by atoms with Crippen LogP contribution in [0.5, 0.6) is 0 Å². The van der Waals surface area contributed by atoms with Crippen LogP contribution in [0.1, 0.15) is 37.8 Å². The lowest BCUT2D eigenvalue weighted by Gasteiger charge is -2.33. The van der Waals surface area contributed by atoms with Gasteiger partial charge in [0.25, 0.3) is 0 Å². The maximum atomic E-state index is 12.6. The van der Waals surface area contributed by atoms with E-state index < -0.39 is 15.6 Å². The van der Waals surface area contributed by atoms with Crippen molar-refractivity contribution in [2.45, 2.75) is 51.0 Å². The summed E-state index contributed by atoms with van der Waals surface area (Å²) in [6.45, 7) is 5.81. The van der Waals surface area contributed by atoms with Crippen molar-refractivity contribution in [3.63, 3.8) is 0 Å². The first kappa shape index (κ1) is 15.5. The Balaban J connectivity index is 2.22. The molecule has 0 aliphatic carbocycles. The van der Waals surface area contributed by atoms with Gasteiger partial charge in [-0.2, -0.15) is 4.31 Å². The fraction of sp³-hybridized carbons (Fsp3) is 0.600. The molecule has 0 radical (unpaired) electrons. The molecule has 1 N–H and O–H groups in total. The van der Waals surface area contributed by atoms with Gasteiger partial charge in [0.1, 0.15) is 0 Å². The van der Waals surface area contributed by atoms with Crippen LogP contribution in [0.3, 0.4) is 0 Å². The lowest BCUT2D eigenvalue weighted by atomic mass is 9.98. The standard InChI is InChI=1S/C15H23NO3S/c1-12-6-4-7-13(10-12)11-20(18,19)16-9-5-8-14(16)15(2,3)17/h4,6-7,10,14,17H,5,8-9,11H2,1-3H3. The van der Waals surface area contributed by atoms with E-state index in [1.54, 1.807) is 13.8 Å². The lowest BCUT2D eigenvalue weighted by Crippen LogP contribution is -2.48. The number of aliphatic hydroxyl groups is 1. The summed E-state index contributed by atoms with van der Waals surface area (Å²) in [5.74, 6) is 0.00125. The average Bonchev–Trinajstić information content (AvgIpc) is 2.77. The van der Waals surface area contributed by atoms with Gasteiger partial charge in [-0.1, -0.05) is 29.8 Å². The smallest absolute Gasteiger partial charge is 0.218 e. The molecule has 5 heteroatoms. The van der Waals surface area contributed by atoms with E-state index in [0.717, 1.165) is 24.0 Å². The molecule has 0 spiro atoms. The number of sulfonamides is 1. The van der Waals surface area contributed by atoms with Crippen molar-refractivity contribution in [1.29, 1.82) is 0 Å². The predicted molar refractivity (Wildman–Crippen MR) is 79.8 cm³/mol. The summed E-state index contributed by atoms with van der Waals surface area (Å²) in [5.41, 5.74) is 0.848. The zero-order valence-electron chi connectivity index (χ0n) is 12.3. The molecule has 20 heavy (non-hydrogen) atoms. The molecule has 0 amide bonds. The zero-order valence-corrected chi connectivity index (χ0v) is 13.2. The molecule has 1 heterocycles. The van der Waals surface area contributed by atoms with Gasteiger partial charge in [-0.3, -0.25) is 0 Å². The maximum Gasteiger partial charge on any atom is 0.218 e. The molecule has 1 aliphatic heterocycles. The SMILES string of the molecule is Cc1cccc(CS(=O)(=O)N2CCCC2C(C)(C)O)c1. The van der Waals surface area contributed by atoms with E-state index in [1.165, 1.54) is 4.31 Å². The Labute approximate surface area is 121 Å². The quantitative estimate of drug-likeness (QED) is 0.925. The highest BCUT2D eigenvalue weighted by Gasteiger charge is 2.41. The van der Waals surface area contributed by atoms with Crippen molar-refractivity contribution in [2.75, 3.05) is 6.54 Å². The molecule has 1 saturated heterocycles. The van der Waals surface area contributed by atoms with Crippen LogP contribution in [-0.2, 0) is 15.8 Å². The molecule has 1 unspecified atom stereocenters. The van der Waals surface area contributed by atoms with Crippen LogP contribution < -0.4 is 0 Å².